The molecule has 1 unspecified atom stereocenters. The third-order valence-corrected chi connectivity index (χ3v) is 7.27. The van der Waals surface area contributed by atoms with Crippen molar-refractivity contribution in [3.8, 4) is 34.5 Å². The number of carbonyl (C=O) groups is 1. The summed E-state index contributed by atoms with van der Waals surface area (Å²) in [5, 5.41) is 5.20. The molecule has 1 fully saturated rings. The average Bonchev–Trinajstić information content (AvgIpc) is 3.01. The van der Waals surface area contributed by atoms with Crippen molar-refractivity contribution < 1.29 is 38.0 Å². The van der Waals surface area contributed by atoms with E-state index in [0.29, 0.717) is 51.8 Å². The number of hydrogen-bond acceptors (Lipinski definition) is 12. The molecular formula is C29H38N4O9. The van der Waals surface area contributed by atoms with Gasteiger partial charge in [0.05, 0.1) is 71.7 Å². The van der Waals surface area contributed by atoms with Gasteiger partial charge in [0.25, 0.3) is 5.56 Å². The van der Waals surface area contributed by atoms with Gasteiger partial charge < -0.3 is 38.1 Å². The van der Waals surface area contributed by atoms with E-state index in [-0.39, 0.29) is 17.7 Å². The fourth-order valence-corrected chi connectivity index (χ4v) is 4.99. The van der Waals surface area contributed by atoms with Crippen LogP contribution >= 0.6 is 0 Å². The van der Waals surface area contributed by atoms with E-state index in [0.717, 1.165) is 26.2 Å². The summed E-state index contributed by atoms with van der Waals surface area (Å²) in [5.41, 5.74) is -0.174. The van der Waals surface area contributed by atoms with Crippen molar-refractivity contribution in [2.75, 3.05) is 82.4 Å². The number of esters is 1. The third kappa shape index (κ3) is 6.31. The van der Waals surface area contributed by atoms with Gasteiger partial charge in [-0.2, -0.15) is 5.10 Å². The first-order valence-corrected chi connectivity index (χ1v) is 13.4. The molecule has 0 saturated carbocycles. The lowest BCUT2D eigenvalue weighted by Gasteiger charge is -2.34. The zero-order chi connectivity index (χ0) is 30.4. The van der Waals surface area contributed by atoms with Crippen LogP contribution < -0.4 is 34.0 Å². The van der Waals surface area contributed by atoms with Crippen molar-refractivity contribution in [1.29, 1.82) is 0 Å². The number of hydrogen-bond donors (Lipinski definition) is 0. The highest BCUT2D eigenvalue weighted by Gasteiger charge is 2.26. The lowest BCUT2D eigenvalue weighted by atomic mass is 10.1. The van der Waals surface area contributed by atoms with Crippen molar-refractivity contribution in [1.82, 2.24) is 19.6 Å². The van der Waals surface area contributed by atoms with Gasteiger partial charge in [-0.1, -0.05) is 0 Å². The van der Waals surface area contributed by atoms with Gasteiger partial charge in [0.2, 0.25) is 11.5 Å². The Morgan fingerprint density at radius 1 is 0.762 bits per heavy atom. The molecule has 13 nitrogen and oxygen atoms in total. The third-order valence-electron chi connectivity index (χ3n) is 7.27. The largest absolute Gasteiger partial charge is 0.493 e. The Hall–Kier alpha value is -4.23. The minimum Gasteiger partial charge on any atom is -0.493 e. The fraction of sp³-hybridized carbons (Fsp3) is 0.483. The Morgan fingerprint density at radius 2 is 1.33 bits per heavy atom. The molecule has 0 bridgehead atoms. The van der Waals surface area contributed by atoms with Gasteiger partial charge >= 0.3 is 5.97 Å². The number of ether oxygens (including phenoxy) is 7. The van der Waals surface area contributed by atoms with E-state index in [4.69, 9.17) is 33.2 Å². The van der Waals surface area contributed by atoms with E-state index in [1.165, 1.54) is 65.7 Å². The van der Waals surface area contributed by atoms with E-state index in [1.807, 2.05) is 0 Å². The van der Waals surface area contributed by atoms with Gasteiger partial charge in [-0.25, -0.2) is 9.48 Å². The highest BCUT2D eigenvalue weighted by Crippen LogP contribution is 2.42. The maximum atomic E-state index is 13.7. The molecule has 1 aliphatic heterocycles. The van der Waals surface area contributed by atoms with Crippen LogP contribution in [0.5, 0.6) is 34.5 Å². The van der Waals surface area contributed by atoms with Crippen molar-refractivity contribution in [2.24, 2.45) is 0 Å². The zero-order valence-electron chi connectivity index (χ0n) is 25.1. The van der Waals surface area contributed by atoms with E-state index in [9.17, 15) is 9.59 Å². The Morgan fingerprint density at radius 3 is 1.88 bits per heavy atom. The summed E-state index contributed by atoms with van der Waals surface area (Å²) in [6.45, 7) is 3.78. The molecule has 228 valence electrons. The molecule has 1 saturated heterocycles. The number of rotatable bonds is 12. The Labute approximate surface area is 244 Å². The first kappa shape index (κ1) is 30.7. The molecule has 1 aliphatic rings. The van der Waals surface area contributed by atoms with E-state index < -0.39 is 12.1 Å². The number of likely N-dealkylation sites (N-methyl/N-ethyl adjacent to an activating group) is 1. The summed E-state index contributed by atoms with van der Waals surface area (Å²) in [7, 11) is 11.0. The predicted molar refractivity (Wildman–Crippen MR) is 155 cm³/mol. The standard InChI is InChI=1S/C29H38N4O9/c1-31-8-10-32(11-9-31)16-19(42-29(35)18-12-22(36-2)26(40-6)23(13-18)37-3)17-33-28(34)20-14-24(38-4)27(41-7)25(39-5)21(20)15-30-33/h12-15,19H,8-11,16-17H2,1-7H3. The van der Waals surface area contributed by atoms with Crippen LogP contribution in [0.2, 0.25) is 0 Å². The smallest absolute Gasteiger partial charge is 0.338 e. The summed E-state index contributed by atoms with van der Waals surface area (Å²) in [4.78, 5) is 31.6. The lowest BCUT2D eigenvalue weighted by Crippen LogP contribution is -2.48. The first-order valence-electron chi connectivity index (χ1n) is 13.4. The van der Waals surface area contributed by atoms with E-state index >= 15 is 0 Å². The molecule has 0 radical (unpaired) electrons. The Bertz CT molecular complexity index is 1440. The molecule has 3 aromatic rings. The van der Waals surface area contributed by atoms with Crippen LogP contribution in [0.4, 0.5) is 0 Å². The molecule has 0 spiro atoms. The highest BCUT2D eigenvalue weighted by molar-refractivity contribution is 5.92. The number of nitrogens with zero attached hydrogens (tertiary/aromatic N) is 4. The summed E-state index contributed by atoms with van der Waals surface area (Å²) in [6, 6.07) is 4.65. The van der Waals surface area contributed by atoms with Crippen LogP contribution in [-0.4, -0.2) is 114 Å². The molecule has 13 heteroatoms. The average molecular weight is 587 g/mol. The molecule has 1 aromatic heterocycles. The van der Waals surface area contributed by atoms with Crippen molar-refractivity contribution in [3.63, 3.8) is 0 Å². The molecule has 0 aliphatic carbocycles. The topological polar surface area (TPSA) is 123 Å². The van der Waals surface area contributed by atoms with Crippen molar-refractivity contribution in [2.45, 2.75) is 12.6 Å². The summed E-state index contributed by atoms with van der Waals surface area (Å²) in [6.07, 6.45) is 0.829. The van der Waals surface area contributed by atoms with Gasteiger partial charge in [-0.05, 0) is 25.2 Å². The maximum absolute atomic E-state index is 13.7. The highest BCUT2D eigenvalue weighted by atomic mass is 16.6. The minimum atomic E-state index is -0.704. The van der Waals surface area contributed by atoms with Crippen molar-refractivity contribution in [3.05, 3.63) is 40.3 Å². The molecule has 0 amide bonds. The number of carbonyl (C=O) groups excluding carboxylic acids is 1. The normalized spacial score (nSPS) is 14.7. The van der Waals surface area contributed by atoms with Gasteiger partial charge in [0.1, 0.15) is 6.10 Å². The molecule has 42 heavy (non-hydrogen) atoms. The summed E-state index contributed by atoms with van der Waals surface area (Å²) in [5.74, 6) is 1.45. The SMILES string of the molecule is COc1cc(C(=O)OC(CN2CCN(C)CC2)Cn2ncc3c(OC)c(OC)c(OC)cc3c2=O)cc(OC)c1OC. The quantitative estimate of drug-likeness (QED) is 0.288. The zero-order valence-corrected chi connectivity index (χ0v) is 25.1. The number of benzene rings is 2. The van der Waals surface area contributed by atoms with Crippen molar-refractivity contribution >= 4 is 16.7 Å². The van der Waals surface area contributed by atoms with Crippen LogP contribution in [0.25, 0.3) is 10.8 Å². The van der Waals surface area contributed by atoms with Gasteiger partial charge in [-0.3, -0.25) is 9.69 Å². The molecule has 2 aromatic carbocycles. The molecular weight excluding hydrogens is 548 g/mol. The summed E-state index contributed by atoms with van der Waals surface area (Å²) < 4.78 is 39.9. The van der Waals surface area contributed by atoms with Crippen LogP contribution in [-0.2, 0) is 11.3 Å². The monoisotopic (exact) mass is 586 g/mol. The molecule has 2 heterocycles. The Balaban J connectivity index is 1.69. The molecule has 4 rings (SSSR count). The number of piperazine rings is 1. The lowest BCUT2D eigenvalue weighted by molar-refractivity contribution is 0.00910. The minimum absolute atomic E-state index is 0.0218. The van der Waals surface area contributed by atoms with Gasteiger partial charge in [-0.15, -0.1) is 0 Å². The van der Waals surface area contributed by atoms with E-state index in [2.05, 4.69) is 21.9 Å². The second-order valence-corrected chi connectivity index (χ2v) is 9.78. The van der Waals surface area contributed by atoms with Crippen LogP contribution in [0, 0.1) is 0 Å². The van der Waals surface area contributed by atoms with Crippen LogP contribution in [0.15, 0.2) is 29.2 Å². The van der Waals surface area contributed by atoms with Crippen LogP contribution in [0.3, 0.4) is 0 Å². The second kappa shape index (κ2) is 13.6. The second-order valence-electron chi connectivity index (χ2n) is 9.78. The molecule has 1 atom stereocenters. The molecule has 0 N–H and O–H groups in total. The number of methoxy groups -OCH3 is 6. The van der Waals surface area contributed by atoms with Crippen LogP contribution in [0.1, 0.15) is 10.4 Å². The number of aromatic nitrogens is 2. The predicted octanol–water partition coefficient (Wildman–Crippen LogP) is 1.92. The van der Waals surface area contributed by atoms with Gasteiger partial charge in [0, 0.05) is 32.7 Å². The van der Waals surface area contributed by atoms with Gasteiger partial charge in [0.15, 0.2) is 23.0 Å². The van der Waals surface area contributed by atoms with E-state index in [1.54, 1.807) is 6.07 Å². The maximum Gasteiger partial charge on any atom is 0.338 e. The first-order chi connectivity index (χ1) is 20.3. The summed E-state index contributed by atoms with van der Waals surface area (Å²) >= 11 is 0. The number of fused-ring (bicyclic) bond motifs is 1. The Kier molecular flexibility index (Phi) is 9.96. The fourth-order valence-electron chi connectivity index (χ4n) is 4.99.